The van der Waals surface area contributed by atoms with Crippen LogP contribution in [0, 0.1) is 0 Å². The lowest BCUT2D eigenvalue weighted by Crippen LogP contribution is -2.24. The molecule has 0 spiro atoms. The number of nitrogens with one attached hydrogen (secondary N) is 1. The summed E-state index contributed by atoms with van der Waals surface area (Å²) >= 11 is 11.8. The molecule has 0 unspecified atom stereocenters. The lowest BCUT2D eigenvalue weighted by Gasteiger charge is -2.14. The Kier molecular flexibility index (Phi) is 6.89. The number of hydrogen-bond donors (Lipinski definition) is 2. The summed E-state index contributed by atoms with van der Waals surface area (Å²) < 4.78 is 30.4. The van der Waals surface area contributed by atoms with E-state index in [2.05, 4.69) is 5.32 Å². The third-order valence-corrected chi connectivity index (χ3v) is 6.07. The summed E-state index contributed by atoms with van der Waals surface area (Å²) in [4.78, 5) is 23.9. The maximum atomic E-state index is 12.3. The van der Waals surface area contributed by atoms with Crippen LogP contribution in [0.1, 0.15) is 10.4 Å². The average molecular weight is 446 g/mol. The Labute approximate surface area is 172 Å². The first-order valence-electron chi connectivity index (χ1n) is 7.76. The smallest absolute Gasteiger partial charge is 0.340 e. The Balaban J connectivity index is 2.08. The van der Waals surface area contributed by atoms with Gasteiger partial charge in [-0.15, -0.1) is 0 Å². The Morgan fingerprint density at radius 1 is 1.14 bits per heavy atom. The number of rotatable bonds is 6. The van der Waals surface area contributed by atoms with E-state index >= 15 is 0 Å². The summed E-state index contributed by atoms with van der Waals surface area (Å²) in [6.45, 7) is -0.608. The lowest BCUT2D eigenvalue weighted by atomic mass is 10.2. The van der Waals surface area contributed by atoms with Gasteiger partial charge in [0.1, 0.15) is 4.90 Å². The highest BCUT2D eigenvalue weighted by atomic mass is 35.5. The molecule has 0 aliphatic carbocycles. The van der Waals surface area contributed by atoms with Crippen LogP contribution in [0.4, 0.5) is 11.4 Å². The van der Waals surface area contributed by atoms with Gasteiger partial charge in [-0.05, 0) is 36.4 Å². The quantitative estimate of drug-likeness (QED) is 0.520. The normalized spacial score (nSPS) is 11.3. The van der Waals surface area contributed by atoms with Crippen molar-refractivity contribution in [3.05, 3.63) is 52.0 Å². The molecule has 11 heteroatoms. The summed E-state index contributed by atoms with van der Waals surface area (Å²) in [5.74, 6) is -1.49. The molecule has 0 atom stereocenters. The molecule has 28 heavy (non-hydrogen) atoms. The van der Waals surface area contributed by atoms with Crippen molar-refractivity contribution in [1.82, 2.24) is 4.31 Å². The highest BCUT2D eigenvalue weighted by Crippen LogP contribution is 2.27. The van der Waals surface area contributed by atoms with Gasteiger partial charge in [0.05, 0.1) is 10.6 Å². The second kappa shape index (κ2) is 8.78. The van der Waals surface area contributed by atoms with Crippen molar-refractivity contribution in [2.24, 2.45) is 0 Å². The van der Waals surface area contributed by atoms with Gasteiger partial charge >= 0.3 is 5.97 Å². The Bertz CT molecular complexity index is 1030. The molecule has 0 heterocycles. The van der Waals surface area contributed by atoms with Crippen LogP contribution in [0.2, 0.25) is 10.0 Å². The molecule has 2 aromatic carbocycles. The van der Waals surface area contributed by atoms with Gasteiger partial charge in [-0.1, -0.05) is 23.2 Å². The minimum absolute atomic E-state index is 0.00885. The van der Waals surface area contributed by atoms with Crippen molar-refractivity contribution < 1.29 is 22.7 Å². The predicted molar refractivity (Wildman–Crippen MR) is 107 cm³/mol. The summed E-state index contributed by atoms with van der Waals surface area (Å²) in [5.41, 5.74) is 6.05. The molecule has 0 saturated heterocycles. The van der Waals surface area contributed by atoms with Crippen LogP contribution in [-0.2, 0) is 19.6 Å². The Morgan fingerprint density at radius 3 is 2.46 bits per heavy atom. The fourth-order valence-electron chi connectivity index (χ4n) is 2.09. The van der Waals surface area contributed by atoms with Crippen LogP contribution in [0.25, 0.3) is 0 Å². The first-order chi connectivity index (χ1) is 13.0. The van der Waals surface area contributed by atoms with Crippen LogP contribution in [0.3, 0.4) is 0 Å². The van der Waals surface area contributed by atoms with E-state index in [1.807, 2.05) is 0 Å². The van der Waals surface area contributed by atoms with E-state index < -0.39 is 28.5 Å². The number of carbonyl (C=O) groups is 2. The van der Waals surface area contributed by atoms with Crippen molar-refractivity contribution in [2.75, 3.05) is 31.8 Å². The molecule has 3 N–H and O–H groups in total. The van der Waals surface area contributed by atoms with E-state index in [-0.39, 0.29) is 26.9 Å². The van der Waals surface area contributed by atoms with E-state index in [9.17, 15) is 18.0 Å². The number of sulfonamides is 1. The maximum absolute atomic E-state index is 12.3. The molecule has 0 saturated carbocycles. The number of halogens is 2. The van der Waals surface area contributed by atoms with Crippen LogP contribution in [0.5, 0.6) is 0 Å². The second-order valence-electron chi connectivity index (χ2n) is 5.79. The highest BCUT2D eigenvalue weighted by molar-refractivity contribution is 7.89. The minimum atomic E-state index is -3.80. The molecule has 1 amide bonds. The number of amides is 1. The SMILES string of the molecule is CN(C)S(=O)(=O)c1cc(NC(=O)COC(=O)c2cc(Cl)ccc2N)ccc1Cl. The van der Waals surface area contributed by atoms with Crippen molar-refractivity contribution in [3.8, 4) is 0 Å². The molecule has 0 bridgehead atoms. The zero-order valence-electron chi connectivity index (χ0n) is 14.9. The van der Waals surface area contributed by atoms with Crippen molar-refractivity contribution in [2.45, 2.75) is 4.90 Å². The third kappa shape index (κ3) is 5.14. The molecule has 0 aliphatic rings. The highest BCUT2D eigenvalue weighted by Gasteiger charge is 2.21. The first kappa shape index (κ1) is 22.0. The van der Waals surface area contributed by atoms with E-state index in [0.29, 0.717) is 5.02 Å². The summed E-state index contributed by atoms with van der Waals surface area (Å²) in [5, 5.41) is 2.74. The molecule has 0 aliphatic heterocycles. The third-order valence-electron chi connectivity index (χ3n) is 3.54. The topological polar surface area (TPSA) is 119 Å². The minimum Gasteiger partial charge on any atom is -0.452 e. The van der Waals surface area contributed by atoms with Crippen LogP contribution in [-0.4, -0.2) is 45.3 Å². The van der Waals surface area contributed by atoms with Crippen molar-refractivity contribution >= 4 is 56.5 Å². The van der Waals surface area contributed by atoms with Gasteiger partial charge in [-0.25, -0.2) is 17.5 Å². The number of nitrogen functional groups attached to an aromatic ring is 1. The summed E-state index contributed by atoms with van der Waals surface area (Å²) in [6.07, 6.45) is 0. The van der Waals surface area contributed by atoms with E-state index in [1.54, 1.807) is 0 Å². The van der Waals surface area contributed by atoms with Gasteiger partial charge in [0.2, 0.25) is 10.0 Å². The number of nitrogens with two attached hydrogens (primary N) is 1. The predicted octanol–water partition coefficient (Wildman–Crippen LogP) is 2.62. The van der Waals surface area contributed by atoms with Crippen molar-refractivity contribution in [3.63, 3.8) is 0 Å². The van der Waals surface area contributed by atoms with E-state index in [1.165, 1.54) is 50.5 Å². The number of benzene rings is 2. The molecule has 8 nitrogen and oxygen atoms in total. The zero-order chi connectivity index (χ0) is 21.1. The molecular weight excluding hydrogens is 429 g/mol. The van der Waals surface area contributed by atoms with E-state index in [0.717, 1.165) is 4.31 Å². The first-order valence-corrected chi connectivity index (χ1v) is 9.96. The number of ether oxygens (including phenoxy) is 1. The van der Waals surface area contributed by atoms with Crippen LogP contribution >= 0.6 is 23.2 Å². The van der Waals surface area contributed by atoms with Crippen LogP contribution < -0.4 is 11.1 Å². The van der Waals surface area contributed by atoms with Gasteiger partial charge in [0.25, 0.3) is 5.91 Å². The second-order valence-corrected chi connectivity index (χ2v) is 8.75. The number of anilines is 2. The molecule has 150 valence electrons. The average Bonchev–Trinajstić information content (AvgIpc) is 2.63. The number of hydrogen-bond acceptors (Lipinski definition) is 6. The molecule has 2 aromatic rings. The Hall–Kier alpha value is -2.33. The molecule has 0 aromatic heterocycles. The van der Waals surface area contributed by atoms with E-state index in [4.69, 9.17) is 33.7 Å². The fraction of sp³-hybridized carbons (Fsp3) is 0.176. The maximum Gasteiger partial charge on any atom is 0.340 e. The number of esters is 1. The zero-order valence-corrected chi connectivity index (χ0v) is 17.2. The molecule has 0 radical (unpaired) electrons. The largest absolute Gasteiger partial charge is 0.452 e. The summed E-state index contributed by atoms with van der Waals surface area (Å²) in [7, 11) is -1.08. The number of nitrogens with zero attached hydrogens (tertiary/aromatic N) is 1. The van der Waals surface area contributed by atoms with Gasteiger partial charge < -0.3 is 15.8 Å². The van der Waals surface area contributed by atoms with Gasteiger partial charge in [0, 0.05) is 30.5 Å². The lowest BCUT2D eigenvalue weighted by molar-refractivity contribution is -0.119. The Morgan fingerprint density at radius 2 is 1.82 bits per heavy atom. The monoisotopic (exact) mass is 445 g/mol. The molecule has 0 fully saturated rings. The van der Waals surface area contributed by atoms with Crippen molar-refractivity contribution in [1.29, 1.82) is 0 Å². The van der Waals surface area contributed by atoms with Crippen LogP contribution in [0.15, 0.2) is 41.3 Å². The summed E-state index contributed by atoms with van der Waals surface area (Å²) in [6, 6.07) is 8.26. The standard InChI is InChI=1S/C17H17Cl2N3O5S/c1-22(2)28(25,26)15-8-11(4-5-13(15)19)21-16(23)9-27-17(24)12-7-10(18)3-6-14(12)20/h3-8H,9,20H2,1-2H3,(H,21,23). The fourth-order valence-corrected chi connectivity index (χ4v) is 3.65. The number of carbonyl (C=O) groups excluding carboxylic acids is 2. The molecule has 2 rings (SSSR count). The molecular formula is C17H17Cl2N3O5S. The van der Waals surface area contributed by atoms with Gasteiger partial charge in [-0.3, -0.25) is 4.79 Å². The van der Waals surface area contributed by atoms with Gasteiger partial charge in [-0.2, -0.15) is 0 Å². The van der Waals surface area contributed by atoms with Gasteiger partial charge in [0.15, 0.2) is 6.61 Å².